The van der Waals surface area contributed by atoms with E-state index in [1.165, 1.54) is 0 Å². The first kappa shape index (κ1) is 11.6. The average molecular weight is 392 g/mol. The van der Waals surface area contributed by atoms with Crippen LogP contribution in [-0.2, 0) is 0 Å². The molecule has 17 heavy (non-hydrogen) atoms. The van der Waals surface area contributed by atoms with Crippen LogP contribution in [0.5, 0.6) is 0 Å². The maximum atomic E-state index is 5.64. The summed E-state index contributed by atoms with van der Waals surface area (Å²) in [6.45, 7) is 0. The number of aromatic nitrogens is 2. The summed E-state index contributed by atoms with van der Waals surface area (Å²) in [6, 6.07) is 7.84. The van der Waals surface area contributed by atoms with Crippen molar-refractivity contribution in [1.82, 2.24) is 10.2 Å². The minimum atomic E-state index is 0.556. The lowest BCUT2D eigenvalue weighted by Gasteiger charge is -1.86. The van der Waals surface area contributed by atoms with Gasteiger partial charge in [-0.15, -0.1) is 32.9 Å². The first-order chi connectivity index (χ1) is 8.22. The first-order valence-corrected chi connectivity index (χ1v) is 7.79. The molecule has 0 bridgehead atoms. The van der Waals surface area contributed by atoms with E-state index in [1.807, 2.05) is 24.3 Å². The van der Waals surface area contributed by atoms with Gasteiger partial charge in [0.15, 0.2) is 0 Å². The van der Waals surface area contributed by atoms with E-state index in [1.54, 1.807) is 22.7 Å². The highest BCUT2D eigenvalue weighted by atomic mass is 79.9. The number of nitrogens with zero attached hydrogens (tertiary/aromatic N) is 2. The highest BCUT2D eigenvalue weighted by Gasteiger charge is 2.13. The molecule has 0 fully saturated rings. The molecule has 0 aromatic carbocycles. The molecule has 3 aromatic rings. The smallest absolute Gasteiger partial charge is 0.258 e. The van der Waals surface area contributed by atoms with Crippen molar-refractivity contribution in [2.45, 2.75) is 0 Å². The summed E-state index contributed by atoms with van der Waals surface area (Å²) in [5, 5.41) is 8.10. The van der Waals surface area contributed by atoms with Gasteiger partial charge >= 0.3 is 0 Å². The van der Waals surface area contributed by atoms with Crippen LogP contribution in [-0.4, -0.2) is 10.2 Å². The zero-order valence-electron chi connectivity index (χ0n) is 8.18. The second-order valence-electron chi connectivity index (χ2n) is 3.12. The van der Waals surface area contributed by atoms with Crippen molar-refractivity contribution >= 4 is 54.5 Å². The quantitative estimate of drug-likeness (QED) is 0.613. The van der Waals surface area contributed by atoms with Gasteiger partial charge in [0.05, 0.1) is 17.3 Å². The van der Waals surface area contributed by atoms with Gasteiger partial charge < -0.3 is 4.42 Å². The van der Waals surface area contributed by atoms with Gasteiger partial charge in [0.1, 0.15) is 0 Å². The van der Waals surface area contributed by atoms with Crippen molar-refractivity contribution in [2.75, 3.05) is 0 Å². The normalized spacial score (nSPS) is 10.9. The molecule has 0 aliphatic heterocycles. The van der Waals surface area contributed by atoms with E-state index in [0.29, 0.717) is 11.8 Å². The monoisotopic (exact) mass is 390 g/mol. The van der Waals surface area contributed by atoms with Gasteiger partial charge in [0.2, 0.25) is 0 Å². The van der Waals surface area contributed by atoms with Gasteiger partial charge in [0.25, 0.3) is 11.8 Å². The third-order valence-electron chi connectivity index (χ3n) is 1.99. The van der Waals surface area contributed by atoms with Crippen LogP contribution in [0.15, 0.2) is 36.3 Å². The summed E-state index contributed by atoms with van der Waals surface area (Å²) in [6.07, 6.45) is 0. The largest absolute Gasteiger partial charge is 0.414 e. The fraction of sp³-hybridized carbons (Fsp3) is 0. The lowest BCUT2D eigenvalue weighted by atomic mass is 10.5. The second kappa shape index (κ2) is 4.64. The van der Waals surface area contributed by atoms with Crippen molar-refractivity contribution in [1.29, 1.82) is 0 Å². The Hall–Kier alpha value is -0.500. The molecule has 0 N–H and O–H groups in total. The highest BCUT2D eigenvalue weighted by molar-refractivity contribution is 9.11. The summed E-state index contributed by atoms with van der Waals surface area (Å²) in [5.41, 5.74) is 0. The molecule has 0 amide bonds. The van der Waals surface area contributed by atoms with Gasteiger partial charge in [-0.1, -0.05) is 0 Å². The average Bonchev–Trinajstić information content (AvgIpc) is 2.96. The number of halogens is 2. The summed E-state index contributed by atoms with van der Waals surface area (Å²) >= 11 is 9.96. The van der Waals surface area contributed by atoms with Crippen LogP contribution in [0.25, 0.3) is 21.5 Å². The van der Waals surface area contributed by atoms with E-state index in [-0.39, 0.29) is 0 Å². The van der Waals surface area contributed by atoms with Crippen molar-refractivity contribution in [3.63, 3.8) is 0 Å². The molecule has 0 saturated heterocycles. The Balaban J connectivity index is 1.98. The van der Waals surface area contributed by atoms with Crippen molar-refractivity contribution in [2.24, 2.45) is 0 Å². The molecule has 0 spiro atoms. The van der Waals surface area contributed by atoms with Crippen LogP contribution >= 0.6 is 54.5 Å². The standard InChI is InChI=1S/C10H4Br2N2OS2/c11-7-3-1-5(16-7)9-13-14-10(15-9)6-2-4-8(12)17-6/h1-4H. The lowest BCUT2D eigenvalue weighted by molar-refractivity contribution is 0.587. The van der Waals surface area contributed by atoms with Gasteiger partial charge in [-0.05, 0) is 56.1 Å². The van der Waals surface area contributed by atoms with Crippen molar-refractivity contribution < 1.29 is 4.42 Å². The van der Waals surface area contributed by atoms with Crippen LogP contribution < -0.4 is 0 Å². The zero-order valence-corrected chi connectivity index (χ0v) is 13.0. The number of thiophene rings is 2. The molecule has 0 aliphatic rings. The van der Waals surface area contributed by atoms with Crippen molar-refractivity contribution in [3.05, 3.63) is 31.8 Å². The fourth-order valence-corrected chi connectivity index (χ4v) is 3.90. The van der Waals surface area contributed by atoms with Crippen molar-refractivity contribution in [3.8, 4) is 21.5 Å². The second-order valence-corrected chi connectivity index (χ2v) is 8.05. The van der Waals surface area contributed by atoms with Gasteiger partial charge in [-0.2, -0.15) is 0 Å². The molecule has 3 nitrogen and oxygen atoms in total. The van der Waals surface area contributed by atoms with Crippen LogP contribution in [0, 0.1) is 0 Å². The molecule has 0 saturated carbocycles. The third kappa shape index (κ3) is 2.37. The summed E-state index contributed by atoms with van der Waals surface area (Å²) in [7, 11) is 0. The minimum Gasteiger partial charge on any atom is -0.414 e. The van der Waals surface area contributed by atoms with E-state index >= 15 is 0 Å². The maximum absolute atomic E-state index is 5.64. The Kier molecular flexibility index (Phi) is 3.16. The molecule has 0 radical (unpaired) electrons. The summed E-state index contributed by atoms with van der Waals surface area (Å²) < 4.78 is 7.73. The lowest BCUT2D eigenvalue weighted by Crippen LogP contribution is -1.71. The van der Waals surface area contributed by atoms with Gasteiger partial charge in [-0.25, -0.2) is 0 Å². The van der Waals surface area contributed by atoms with E-state index in [9.17, 15) is 0 Å². The molecule has 7 heteroatoms. The van der Waals surface area contributed by atoms with E-state index in [4.69, 9.17) is 4.42 Å². The molecule has 0 atom stereocenters. The highest BCUT2D eigenvalue weighted by Crippen LogP contribution is 2.34. The third-order valence-corrected chi connectivity index (χ3v) is 5.22. The maximum Gasteiger partial charge on any atom is 0.258 e. The molecular weight excluding hydrogens is 388 g/mol. The summed E-state index contributed by atoms with van der Waals surface area (Å²) in [4.78, 5) is 1.93. The number of hydrogen-bond donors (Lipinski definition) is 0. The Labute approximate surface area is 122 Å². The number of hydrogen-bond acceptors (Lipinski definition) is 5. The molecule has 0 unspecified atom stereocenters. The Morgan fingerprint density at radius 1 is 0.824 bits per heavy atom. The molecule has 86 valence electrons. The summed E-state index contributed by atoms with van der Waals surface area (Å²) in [5.74, 6) is 1.11. The molecule has 3 aromatic heterocycles. The Morgan fingerprint density at radius 3 is 1.65 bits per heavy atom. The molecule has 3 rings (SSSR count). The fourth-order valence-electron chi connectivity index (χ4n) is 1.28. The first-order valence-electron chi connectivity index (χ1n) is 4.57. The predicted molar refractivity (Wildman–Crippen MR) is 76.3 cm³/mol. The van der Waals surface area contributed by atoms with Crippen LogP contribution in [0.4, 0.5) is 0 Å². The molecule has 3 heterocycles. The Bertz CT molecular complexity index is 604. The molecule has 0 aliphatic carbocycles. The van der Waals surface area contributed by atoms with E-state index in [2.05, 4.69) is 42.1 Å². The molecular formula is C10H4Br2N2OS2. The number of rotatable bonds is 2. The predicted octanol–water partition coefficient (Wildman–Crippen LogP) is 5.05. The SMILES string of the molecule is Brc1ccc(-c2nnc(-c3ccc(Br)s3)o2)s1. The Morgan fingerprint density at radius 2 is 1.29 bits per heavy atom. The van der Waals surface area contributed by atoms with E-state index in [0.717, 1.165) is 17.3 Å². The zero-order chi connectivity index (χ0) is 11.8. The van der Waals surface area contributed by atoms with Crippen LogP contribution in [0.2, 0.25) is 0 Å². The van der Waals surface area contributed by atoms with Crippen LogP contribution in [0.1, 0.15) is 0 Å². The van der Waals surface area contributed by atoms with Crippen LogP contribution in [0.3, 0.4) is 0 Å². The van der Waals surface area contributed by atoms with E-state index < -0.39 is 0 Å². The van der Waals surface area contributed by atoms with Gasteiger partial charge in [-0.3, -0.25) is 0 Å². The van der Waals surface area contributed by atoms with Gasteiger partial charge in [0, 0.05) is 0 Å². The minimum absolute atomic E-state index is 0.556. The topological polar surface area (TPSA) is 38.9 Å².